The van der Waals surface area contributed by atoms with Crippen molar-refractivity contribution in [2.75, 3.05) is 0 Å². The van der Waals surface area contributed by atoms with E-state index >= 15 is 0 Å². The molecule has 3 aromatic rings. The van der Waals surface area contributed by atoms with Crippen molar-refractivity contribution in [2.45, 2.75) is 6.54 Å². The van der Waals surface area contributed by atoms with E-state index in [1.807, 2.05) is 42.9 Å². The first kappa shape index (κ1) is 11.5. The minimum Gasteiger partial charge on any atom is -0.508 e. The lowest BCUT2D eigenvalue weighted by atomic mass is 10.1. The Balaban J connectivity index is 1.92. The van der Waals surface area contributed by atoms with Crippen LogP contribution in [-0.2, 0) is 6.54 Å². The molecule has 0 fully saturated rings. The number of benzene rings is 2. The van der Waals surface area contributed by atoms with Gasteiger partial charge in [-0.3, -0.25) is 0 Å². The van der Waals surface area contributed by atoms with Gasteiger partial charge in [0.1, 0.15) is 5.75 Å². The van der Waals surface area contributed by atoms with Crippen LogP contribution >= 0.6 is 0 Å². The van der Waals surface area contributed by atoms with Crippen LogP contribution in [0.4, 0.5) is 0 Å². The van der Waals surface area contributed by atoms with Crippen LogP contribution in [-0.4, -0.2) is 14.7 Å². The fraction of sp³-hybridized carbons (Fsp3) is 0.0625. The monoisotopic (exact) mass is 250 g/mol. The van der Waals surface area contributed by atoms with Crippen molar-refractivity contribution >= 4 is 0 Å². The third-order valence-corrected chi connectivity index (χ3v) is 3.07. The average Bonchev–Trinajstić information content (AvgIpc) is 2.89. The predicted octanol–water partition coefficient (Wildman–Crippen LogP) is 3.30. The number of nitrogens with zero attached hydrogens (tertiary/aromatic N) is 2. The number of rotatable bonds is 3. The Labute approximate surface area is 111 Å². The first-order valence-electron chi connectivity index (χ1n) is 6.16. The molecule has 0 aliphatic rings. The molecule has 3 heteroatoms. The first-order valence-corrected chi connectivity index (χ1v) is 6.16. The maximum absolute atomic E-state index is 9.34. The van der Waals surface area contributed by atoms with Gasteiger partial charge in [0.05, 0.1) is 18.2 Å². The normalized spacial score (nSPS) is 10.5. The highest BCUT2D eigenvalue weighted by molar-refractivity contribution is 5.60. The van der Waals surface area contributed by atoms with Crippen LogP contribution < -0.4 is 0 Å². The fourth-order valence-corrected chi connectivity index (χ4v) is 2.10. The van der Waals surface area contributed by atoms with Crippen LogP contribution in [0.15, 0.2) is 67.1 Å². The third-order valence-electron chi connectivity index (χ3n) is 3.07. The van der Waals surface area contributed by atoms with E-state index in [9.17, 15) is 5.11 Å². The van der Waals surface area contributed by atoms with Gasteiger partial charge in [-0.15, -0.1) is 0 Å². The average molecular weight is 250 g/mol. The minimum atomic E-state index is 0.276. The van der Waals surface area contributed by atoms with Gasteiger partial charge in [-0.2, -0.15) is 0 Å². The predicted molar refractivity (Wildman–Crippen MR) is 74.9 cm³/mol. The van der Waals surface area contributed by atoms with Gasteiger partial charge in [-0.25, -0.2) is 4.98 Å². The summed E-state index contributed by atoms with van der Waals surface area (Å²) in [6.07, 6.45) is 3.67. The van der Waals surface area contributed by atoms with Crippen LogP contribution in [0.5, 0.6) is 5.75 Å². The molecule has 0 spiro atoms. The van der Waals surface area contributed by atoms with Crippen molar-refractivity contribution in [3.63, 3.8) is 0 Å². The van der Waals surface area contributed by atoms with Crippen molar-refractivity contribution in [3.8, 4) is 17.0 Å². The standard InChI is InChI=1S/C16H14N2O/c19-15-8-6-14(7-9-15)16-10-17-12-18(16)11-13-4-2-1-3-5-13/h1-10,12,19H,11H2. The molecule has 3 rings (SSSR count). The Bertz CT molecular complexity index is 657. The SMILES string of the molecule is Oc1ccc(-c2cncn2Cc2ccccc2)cc1. The lowest BCUT2D eigenvalue weighted by molar-refractivity contribution is 0.475. The lowest BCUT2D eigenvalue weighted by Gasteiger charge is -2.08. The second-order valence-electron chi connectivity index (χ2n) is 4.44. The summed E-state index contributed by atoms with van der Waals surface area (Å²) in [5.41, 5.74) is 3.33. The highest BCUT2D eigenvalue weighted by Crippen LogP contribution is 2.22. The van der Waals surface area contributed by atoms with E-state index in [0.29, 0.717) is 0 Å². The third kappa shape index (κ3) is 2.50. The van der Waals surface area contributed by atoms with Crippen LogP contribution in [0, 0.1) is 0 Å². The summed E-state index contributed by atoms with van der Waals surface area (Å²) in [6.45, 7) is 0.789. The second kappa shape index (κ2) is 4.98. The van der Waals surface area contributed by atoms with E-state index in [1.165, 1.54) is 5.56 Å². The number of hydrogen-bond donors (Lipinski definition) is 1. The van der Waals surface area contributed by atoms with Crippen LogP contribution in [0.1, 0.15) is 5.56 Å². The molecule has 0 saturated carbocycles. The van der Waals surface area contributed by atoms with E-state index in [0.717, 1.165) is 17.8 Å². The number of imidazole rings is 1. The Morgan fingerprint density at radius 2 is 1.68 bits per heavy atom. The molecule has 3 nitrogen and oxygen atoms in total. The summed E-state index contributed by atoms with van der Waals surface area (Å²) in [7, 11) is 0. The Kier molecular flexibility index (Phi) is 3.02. The van der Waals surface area contributed by atoms with E-state index in [2.05, 4.69) is 21.7 Å². The van der Waals surface area contributed by atoms with Gasteiger partial charge in [0.2, 0.25) is 0 Å². The van der Waals surface area contributed by atoms with Crippen molar-refractivity contribution in [1.29, 1.82) is 0 Å². The molecular weight excluding hydrogens is 236 g/mol. The smallest absolute Gasteiger partial charge is 0.115 e. The largest absolute Gasteiger partial charge is 0.508 e. The molecule has 1 N–H and O–H groups in total. The molecular formula is C16H14N2O. The molecule has 94 valence electrons. The number of phenols is 1. The summed E-state index contributed by atoms with van der Waals surface area (Å²) in [4.78, 5) is 4.22. The van der Waals surface area contributed by atoms with Crippen LogP contribution in [0.3, 0.4) is 0 Å². The summed E-state index contributed by atoms with van der Waals surface area (Å²) in [5.74, 6) is 0.276. The molecule has 0 saturated heterocycles. The molecule has 0 amide bonds. The fourth-order valence-electron chi connectivity index (χ4n) is 2.10. The zero-order chi connectivity index (χ0) is 13.1. The quantitative estimate of drug-likeness (QED) is 0.774. The number of aromatic nitrogens is 2. The van der Waals surface area contributed by atoms with Gasteiger partial charge in [0.15, 0.2) is 0 Å². The van der Waals surface area contributed by atoms with Crippen molar-refractivity contribution in [3.05, 3.63) is 72.7 Å². The molecule has 1 heterocycles. The highest BCUT2D eigenvalue weighted by Gasteiger charge is 2.05. The van der Waals surface area contributed by atoms with Gasteiger partial charge in [0, 0.05) is 12.1 Å². The van der Waals surface area contributed by atoms with Crippen LogP contribution in [0.2, 0.25) is 0 Å². The molecule has 0 bridgehead atoms. The number of aromatic hydroxyl groups is 1. The van der Waals surface area contributed by atoms with E-state index in [1.54, 1.807) is 12.1 Å². The summed E-state index contributed by atoms with van der Waals surface area (Å²) in [5, 5.41) is 9.34. The molecule has 0 aliphatic carbocycles. The molecule has 1 aromatic heterocycles. The van der Waals surface area contributed by atoms with E-state index < -0.39 is 0 Å². The lowest BCUT2D eigenvalue weighted by Crippen LogP contribution is -1.99. The maximum atomic E-state index is 9.34. The molecule has 0 unspecified atom stereocenters. The minimum absolute atomic E-state index is 0.276. The van der Waals surface area contributed by atoms with E-state index in [4.69, 9.17) is 0 Å². The Hall–Kier alpha value is -2.55. The second-order valence-corrected chi connectivity index (χ2v) is 4.44. The summed E-state index contributed by atoms with van der Waals surface area (Å²) in [6, 6.07) is 17.4. The highest BCUT2D eigenvalue weighted by atomic mass is 16.3. The molecule has 19 heavy (non-hydrogen) atoms. The van der Waals surface area contributed by atoms with E-state index in [-0.39, 0.29) is 5.75 Å². The zero-order valence-electron chi connectivity index (χ0n) is 10.4. The zero-order valence-corrected chi connectivity index (χ0v) is 10.4. The van der Waals surface area contributed by atoms with Crippen molar-refractivity contribution in [1.82, 2.24) is 9.55 Å². The number of phenolic OH excluding ortho intramolecular Hbond substituents is 1. The topological polar surface area (TPSA) is 38.1 Å². The molecule has 2 aromatic carbocycles. The summed E-state index contributed by atoms with van der Waals surface area (Å²) < 4.78 is 2.10. The summed E-state index contributed by atoms with van der Waals surface area (Å²) >= 11 is 0. The maximum Gasteiger partial charge on any atom is 0.115 e. The van der Waals surface area contributed by atoms with Gasteiger partial charge in [0.25, 0.3) is 0 Å². The van der Waals surface area contributed by atoms with Crippen LogP contribution in [0.25, 0.3) is 11.3 Å². The van der Waals surface area contributed by atoms with Gasteiger partial charge in [-0.1, -0.05) is 30.3 Å². The van der Waals surface area contributed by atoms with Crippen molar-refractivity contribution < 1.29 is 5.11 Å². The Morgan fingerprint density at radius 3 is 2.42 bits per heavy atom. The van der Waals surface area contributed by atoms with Crippen molar-refractivity contribution in [2.24, 2.45) is 0 Å². The molecule has 0 aliphatic heterocycles. The van der Waals surface area contributed by atoms with Gasteiger partial charge >= 0.3 is 0 Å². The van der Waals surface area contributed by atoms with Gasteiger partial charge < -0.3 is 9.67 Å². The Morgan fingerprint density at radius 1 is 0.947 bits per heavy atom. The number of hydrogen-bond acceptors (Lipinski definition) is 2. The molecule has 0 atom stereocenters. The molecule has 0 radical (unpaired) electrons. The first-order chi connectivity index (χ1) is 9.33. The van der Waals surface area contributed by atoms with Gasteiger partial charge in [-0.05, 0) is 29.8 Å².